The molecule has 1 unspecified atom stereocenters. The molecule has 18 heavy (non-hydrogen) atoms. The molecule has 0 aliphatic carbocycles. The first-order valence-corrected chi connectivity index (χ1v) is 6.56. The summed E-state index contributed by atoms with van der Waals surface area (Å²) < 4.78 is 0. The van der Waals surface area contributed by atoms with Crippen LogP contribution < -0.4 is 5.32 Å². The van der Waals surface area contributed by atoms with Gasteiger partial charge in [-0.05, 0) is 54.2 Å². The van der Waals surface area contributed by atoms with Gasteiger partial charge in [0.2, 0.25) is 0 Å². The van der Waals surface area contributed by atoms with Crippen molar-refractivity contribution in [3.63, 3.8) is 0 Å². The molecule has 2 aromatic rings. The van der Waals surface area contributed by atoms with Crippen LogP contribution in [0.3, 0.4) is 0 Å². The second-order valence-corrected chi connectivity index (χ2v) is 5.31. The van der Waals surface area contributed by atoms with Crippen molar-refractivity contribution in [1.82, 2.24) is 5.32 Å². The summed E-state index contributed by atoms with van der Waals surface area (Å²) in [7, 11) is 0. The molecule has 3 rings (SSSR count). The Morgan fingerprint density at radius 2 is 1.61 bits per heavy atom. The van der Waals surface area contributed by atoms with Gasteiger partial charge in [0.25, 0.3) is 0 Å². The van der Waals surface area contributed by atoms with Crippen LogP contribution in [0.25, 0.3) is 0 Å². The Balaban J connectivity index is 2.10. The van der Waals surface area contributed by atoms with E-state index in [1.165, 1.54) is 33.4 Å². The van der Waals surface area contributed by atoms with Crippen molar-refractivity contribution in [3.05, 3.63) is 69.8 Å². The minimum Gasteiger partial charge on any atom is -0.302 e. The third-order valence-corrected chi connectivity index (χ3v) is 4.06. The summed E-state index contributed by atoms with van der Waals surface area (Å²) in [5.41, 5.74) is 8.42. The summed E-state index contributed by atoms with van der Waals surface area (Å²) in [6, 6.07) is 13.7. The van der Waals surface area contributed by atoms with Crippen LogP contribution in [0.15, 0.2) is 36.4 Å². The molecule has 1 nitrogen and oxygen atoms in total. The average molecular weight is 237 g/mol. The second-order valence-electron chi connectivity index (χ2n) is 5.31. The molecule has 0 amide bonds. The van der Waals surface area contributed by atoms with Crippen LogP contribution in [0.1, 0.15) is 39.4 Å². The lowest BCUT2D eigenvalue weighted by atomic mass is 9.92. The number of hydrogen-bond acceptors (Lipinski definition) is 1. The zero-order valence-corrected chi connectivity index (χ0v) is 11.2. The average Bonchev–Trinajstić information content (AvgIpc) is 2.78. The van der Waals surface area contributed by atoms with Gasteiger partial charge in [-0.25, -0.2) is 0 Å². The van der Waals surface area contributed by atoms with Crippen molar-refractivity contribution in [2.75, 3.05) is 0 Å². The Morgan fingerprint density at radius 1 is 0.889 bits per heavy atom. The van der Waals surface area contributed by atoms with Crippen LogP contribution in [0.2, 0.25) is 0 Å². The molecule has 0 bridgehead atoms. The Labute approximate surface area is 109 Å². The normalized spacial score (nSPS) is 17.8. The van der Waals surface area contributed by atoms with E-state index in [2.05, 4.69) is 62.5 Å². The maximum absolute atomic E-state index is 3.63. The highest BCUT2D eigenvalue weighted by molar-refractivity contribution is 5.46. The van der Waals surface area contributed by atoms with Gasteiger partial charge in [0.1, 0.15) is 0 Å². The zero-order valence-electron chi connectivity index (χ0n) is 11.2. The minimum absolute atomic E-state index is 0.362. The Hall–Kier alpha value is -1.60. The summed E-state index contributed by atoms with van der Waals surface area (Å²) in [5.74, 6) is 0. The molecular formula is C17H19N. The highest BCUT2D eigenvalue weighted by Crippen LogP contribution is 2.33. The third kappa shape index (κ3) is 1.75. The van der Waals surface area contributed by atoms with Gasteiger partial charge in [0, 0.05) is 6.54 Å². The van der Waals surface area contributed by atoms with E-state index in [9.17, 15) is 0 Å². The number of fused-ring (bicyclic) bond motifs is 1. The molecule has 2 aromatic carbocycles. The molecule has 0 saturated carbocycles. The van der Waals surface area contributed by atoms with Crippen molar-refractivity contribution >= 4 is 0 Å². The van der Waals surface area contributed by atoms with Gasteiger partial charge < -0.3 is 5.32 Å². The molecular weight excluding hydrogens is 218 g/mol. The third-order valence-electron chi connectivity index (χ3n) is 4.06. The summed E-state index contributed by atoms with van der Waals surface area (Å²) in [6.45, 7) is 7.57. The van der Waals surface area contributed by atoms with E-state index in [4.69, 9.17) is 0 Å². The summed E-state index contributed by atoms with van der Waals surface area (Å²) in [4.78, 5) is 0. The highest BCUT2D eigenvalue weighted by Gasteiger charge is 2.24. The van der Waals surface area contributed by atoms with Gasteiger partial charge in [-0.2, -0.15) is 0 Å². The molecule has 1 heteroatoms. The van der Waals surface area contributed by atoms with Crippen molar-refractivity contribution in [2.24, 2.45) is 0 Å². The lowest BCUT2D eigenvalue weighted by Gasteiger charge is -2.17. The molecule has 1 atom stereocenters. The standard InChI is InChI=1S/C17H19N/c1-11-8-13(3)16(9-12(11)2)17-15-7-5-4-6-14(15)10-18-17/h4-9,17-18H,10H2,1-3H3. The number of benzene rings is 2. The molecule has 92 valence electrons. The van der Waals surface area contributed by atoms with E-state index in [-0.39, 0.29) is 0 Å². The predicted octanol–water partition coefficient (Wildman–Crippen LogP) is 3.80. The van der Waals surface area contributed by atoms with Crippen LogP contribution >= 0.6 is 0 Å². The van der Waals surface area contributed by atoms with Crippen molar-refractivity contribution in [2.45, 2.75) is 33.4 Å². The molecule has 0 radical (unpaired) electrons. The smallest absolute Gasteiger partial charge is 0.0585 e. The highest BCUT2D eigenvalue weighted by atomic mass is 14.9. The van der Waals surface area contributed by atoms with Crippen molar-refractivity contribution in [1.29, 1.82) is 0 Å². The molecule has 0 aromatic heterocycles. The monoisotopic (exact) mass is 237 g/mol. The fourth-order valence-electron chi connectivity index (χ4n) is 2.87. The number of hydrogen-bond donors (Lipinski definition) is 1. The van der Waals surface area contributed by atoms with Gasteiger partial charge in [-0.15, -0.1) is 0 Å². The lowest BCUT2D eigenvalue weighted by Crippen LogP contribution is -2.15. The topological polar surface area (TPSA) is 12.0 Å². The quantitative estimate of drug-likeness (QED) is 0.795. The first-order chi connectivity index (χ1) is 8.66. The van der Waals surface area contributed by atoms with E-state index in [1.54, 1.807) is 0 Å². The number of nitrogens with one attached hydrogen (secondary N) is 1. The number of aryl methyl sites for hydroxylation is 3. The Morgan fingerprint density at radius 3 is 2.44 bits per heavy atom. The van der Waals surface area contributed by atoms with Crippen molar-refractivity contribution in [3.8, 4) is 0 Å². The van der Waals surface area contributed by atoms with Crippen LogP contribution in [-0.4, -0.2) is 0 Å². The van der Waals surface area contributed by atoms with Gasteiger partial charge in [0.15, 0.2) is 0 Å². The molecule has 0 fully saturated rings. The molecule has 1 heterocycles. The molecule has 1 aliphatic rings. The van der Waals surface area contributed by atoms with Gasteiger partial charge in [-0.3, -0.25) is 0 Å². The predicted molar refractivity (Wildman–Crippen MR) is 75.8 cm³/mol. The SMILES string of the molecule is Cc1cc(C)c(C2NCc3ccccc32)cc1C. The van der Waals surface area contributed by atoms with Crippen LogP contribution in [0.4, 0.5) is 0 Å². The first-order valence-electron chi connectivity index (χ1n) is 6.56. The maximum Gasteiger partial charge on any atom is 0.0585 e. The second kappa shape index (κ2) is 4.25. The minimum atomic E-state index is 0.362. The van der Waals surface area contributed by atoms with Crippen LogP contribution in [0.5, 0.6) is 0 Å². The van der Waals surface area contributed by atoms with E-state index < -0.39 is 0 Å². The summed E-state index contributed by atoms with van der Waals surface area (Å²) in [5, 5.41) is 3.63. The fourth-order valence-corrected chi connectivity index (χ4v) is 2.87. The molecule has 0 saturated heterocycles. The van der Waals surface area contributed by atoms with E-state index in [1.807, 2.05) is 0 Å². The van der Waals surface area contributed by atoms with Gasteiger partial charge in [0.05, 0.1) is 6.04 Å². The van der Waals surface area contributed by atoms with Crippen molar-refractivity contribution < 1.29 is 0 Å². The van der Waals surface area contributed by atoms with Gasteiger partial charge >= 0.3 is 0 Å². The summed E-state index contributed by atoms with van der Waals surface area (Å²) >= 11 is 0. The summed E-state index contributed by atoms with van der Waals surface area (Å²) in [6.07, 6.45) is 0. The lowest BCUT2D eigenvalue weighted by molar-refractivity contribution is 0.663. The Kier molecular flexibility index (Phi) is 2.71. The van der Waals surface area contributed by atoms with Crippen LogP contribution in [0, 0.1) is 20.8 Å². The zero-order chi connectivity index (χ0) is 12.7. The maximum atomic E-state index is 3.63. The largest absolute Gasteiger partial charge is 0.302 e. The van der Waals surface area contributed by atoms with E-state index >= 15 is 0 Å². The number of rotatable bonds is 1. The molecule has 1 aliphatic heterocycles. The fraction of sp³-hybridized carbons (Fsp3) is 0.294. The molecule has 1 N–H and O–H groups in total. The van der Waals surface area contributed by atoms with E-state index in [0.29, 0.717) is 6.04 Å². The Bertz CT molecular complexity index is 599. The van der Waals surface area contributed by atoms with E-state index in [0.717, 1.165) is 6.54 Å². The van der Waals surface area contributed by atoms with Crippen LogP contribution in [-0.2, 0) is 6.54 Å². The van der Waals surface area contributed by atoms with Gasteiger partial charge in [-0.1, -0.05) is 36.4 Å². The molecule has 0 spiro atoms. The first kappa shape index (κ1) is 11.5.